The van der Waals surface area contributed by atoms with E-state index in [1.54, 1.807) is 6.07 Å². The van der Waals surface area contributed by atoms with E-state index < -0.39 is 0 Å². The summed E-state index contributed by atoms with van der Waals surface area (Å²) in [5.74, 6) is 0.916. The van der Waals surface area contributed by atoms with Crippen LogP contribution in [0.2, 0.25) is 10.0 Å². The fraction of sp³-hybridized carbons (Fsp3) is 0.250. The average Bonchev–Trinajstić information content (AvgIpc) is 2.45. The number of nitrogens with one attached hydrogen (secondary N) is 1. The van der Waals surface area contributed by atoms with Gasteiger partial charge in [-0.15, -0.1) is 0 Å². The number of hydrogen-bond acceptors (Lipinski definition) is 2. The van der Waals surface area contributed by atoms with Gasteiger partial charge in [0, 0.05) is 28.1 Å². The minimum Gasteiger partial charge on any atom is -0.485 e. The van der Waals surface area contributed by atoms with Crippen LogP contribution in [0.3, 0.4) is 0 Å². The van der Waals surface area contributed by atoms with Crippen LogP contribution in [-0.2, 0) is 0 Å². The molecule has 0 amide bonds. The number of hydrogen-bond donors (Lipinski definition) is 1. The molecule has 104 valence electrons. The largest absolute Gasteiger partial charge is 0.485 e. The van der Waals surface area contributed by atoms with Crippen molar-refractivity contribution in [2.75, 3.05) is 7.05 Å². The molecule has 1 aliphatic rings. The van der Waals surface area contributed by atoms with Gasteiger partial charge in [-0.05, 0) is 36.9 Å². The van der Waals surface area contributed by atoms with Crippen LogP contribution >= 0.6 is 23.2 Å². The summed E-state index contributed by atoms with van der Waals surface area (Å²) in [6, 6.07) is 13.9. The molecule has 0 bridgehead atoms. The van der Waals surface area contributed by atoms with Crippen LogP contribution in [0.4, 0.5) is 0 Å². The minimum absolute atomic E-state index is 0.0430. The van der Waals surface area contributed by atoms with E-state index in [9.17, 15) is 0 Å². The van der Waals surface area contributed by atoms with Gasteiger partial charge in [-0.2, -0.15) is 0 Å². The van der Waals surface area contributed by atoms with Crippen molar-refractivity contribution in [1.82, 2.24) is 5.32 Å². The van der Waals surface area contributed by atoms with E-state index in [4.69, 9.17) is 27.9 Å². The first kappa shape index (κ1) is 13.7. The van der Waals surface area contributed by atoms with Crippen molar-refractivity contribution < 1.29 is 4.74 Å². The highest BCUT2D eigenvalue weighted by atomic mass is 35.5. The smallest absolute Gasteiger partial charge is 0.126 e. The molecule has 4 heteroatoms. The van der Waals surface area contributed by atoms with E-state index in [0.717, 1.165) is 17.7 Å². The zero-order chi connectivity index (χ0) is 14.1. The molecule has 2 atom stereocenters. The normalized spacial score (nSPS) is 21.1. The molecule has 1 aliphatic heterocycles. The Morgan fingerprint density at radius 2 is 1.80 bits per heavy atom. The Morgan fingerprint density at radius 1 is 1.10 bits per heavy atom. The molecule has 2 unspecified atom stereocenters. The zero-order valence-corrected chi connectivity index (χ0v) is 12.6. The maximum absolute atomic E-state index is 6.10. The molecule has 0 saturated carbocycles. The van der Waals surface area contributed by atoms with Crippen LogP contribution in [0.15, 0.2) is 42.5 Å². The fourth-order valence-electron chi connectivity index (χ4n) is 2.66. The molecular formula is C16H15Cl2NO. The molecule has 1 heterocycles. The van der Waals surface area contributed by atoms with Gasteiger partial charge in [0.15, 0.2) is 0 Å². The summed E-state index contributed by atoms with van der Waals surface area (Å²) in [7, 11) is 1.97. The van der Waals surface area contributed by atoms with Gasteiger partial charge in [-0.25, -0.2) is 0 Å². The average molecular weight is 308 g/mol. The molecule has 2 aromatic rings. The third kappa shape index (κ3) is 2.64. The molecule has 2 aromatic carbocycles. The number of rotatable bonds is 2. The first-order valence-corrected chi connectivity index (χ1v) is 7.32. The third-order valence-corrected chi connectivity index (χ3v) is 4.05. The van der Waals surface area contributed by atoms with Crippen LogP contribution in [0.5, 0.6) is 5.75 Å². The minimum atomic E-state index is -0.0430. The Hall–Kier alpha value is -1.22. The highest BCUT2D eigenvalue weighted by Gasteiger charge is 2.28. The molecule has 0 radical (unpaired) electrons. The van der Waals surface area contributed by atoms with Gasteiger partial charge >= 0.3 is 0 Å². The van der Waals surface area contributed by atoms with Gasteiger partial charge in [0.2, 0.25) is 0 Å². The molecular weight excluding hydrogens is 293 g/mol. The molecule has 0 aliphatic carbocycles. The lowest BCUT2D eigenvalue weighted by molar-refractivity contribution is 0.154. The Bertz CT molecular complexity index is 609. The van der Waals surface area contributed by atoms with Gasteiger partial charge in [0.1, 0.15) is 11.9 Å². The predicted molar refractivity (Wildman–Crippen MR) is 82.7 cm³/mol. The van der Waals surface area contributed by atoms with Gasteiger partial charge in [0.25, 0.3) is 0 Å². The van der Waals surface area contributed by atoms with Crippen LogP contribution in [0.1, 0.15) is 29.7 Å². The van der Waals surface area contributed by atoms with Crippen LogP contribution in [0, 0.1) is 0 Å². The molecule has 0 fully saturated rings. The molecule has 3 rings (SSSR count). The topological polar surface area (TPSA) is 21.3 Å². The van der Waals surface area contributed by atoms with Crippen LogP contribution < -0.4 is 10.1 Å². The molecule has 20 heavy (non-hydrogen) atoms. The number of halogens is 2. The lowest BCUT2D eigenvalue weighted by Crippen LogP contribution is -2.26. The Kier molecular flexibility index (Phi) is 3.88. The molecule has 0 spiro atoms. The standard InChI is InChI=1S/C16H15Cl2NO/c1-19-14-9-16(10-6-11(17)8-12(18)7-10)20-15-5-3-2-4-13(14)15/h2-8,14,16,19H,9H2,1H3. The van der Waals surface area contributed by atoms with Crippen molar-refractivity contribution in [2.24, 2.45) is 0 Å². The maximum Gasteiger partial charge on any atom is 0.126 e. The van der Waals surface area contributed by atoms with Crippen molar-refractivity contribution in [3.63, 3.8) is 0 Å². The molecule has 0 saturated heterocycles. The summed E-state index contributed by atoms with van der Waals surface area (Å²) in [6.45, 7) is 0. The van der Waals surface area contributed by atoms with Gasteiger partial charge in [0.05, 0.1) is 0 Å². The van der Waals surface area contributed by atoms with E-state index in [1.807, 2.05) is 37.4 Å². The van der Waals surface area contributed by atoms with Gasteiger partial charge < -0.3 is 10.1 Å². The van der Waals surface area contributed by atoms with Crippen molar-refractivity contribution in [3.8, 4) is 5.75 Å². The quantitative estimate of drug-likeness (QED) is 0.862. The van der Waals surface area contributed by atoms with E-state index in [1.165, 1.54) is 5.56 Å². The fourth-order valence-corrected chi connectivity index (χ4v) is 3.20. The van der Waals surface area contributed by atoms with E-state index in [-0.39, 0.29) is 12.1 Å². The zero-order valence-electron chi connectivity index (χ0n) is 11.1. The second kappa shape index (κ2) is 5.65. The highest BCUT2D eigenvalue weighted by Crippen LogP contribution is 2.41. The van der Waals surface area contributed by atoms with Gasteiger partial charge in [-0.3, -0.25) is 0 Å². The van der Waals surface area contributed by atoms with Crippen molar-refractivity contribution >= 4 is 23.2 Å². The van der Waals surface area contributed by atoms with E-state index in [2.05, 4.69) is 11.4 Å². The summed E-state index contributed by atoms with van der Waals surface area (Å²) in [6.07, 6.45) is 0.808. The first-order chi connectivity index (χ1) is 9.67. The van der Waals surface area contributed by atoms with Crippen molar-refractivity contribution in [3.05, 3.63) is 63.6 Å². The number of benzene rings is 2. The second-order valence-electron chi connectivity index (χ2n) is 4.92. The lowest BCUT2D eigenvalue weighted by atomic mass is 9.93. The summed E-state index contributed by atoms with van der Waals surface area (Å²) < 4.78 is 6.10. The molecule has 0 aromatic heterocycles. The number of fused-ring (bicyclic) bond motifs is 1. The van der Waals surface area contributed by atoms with Crippen molar-refractivity contribution in [1.29, 1.82) is 0 Å². The summed E-state index contributed by atoms with van der Waals surface area (Å²) in [5, 5.41) is 4.61. The van der Waals surface area contributed by atoms with Gasteiger partial charge in [-0.1, -0.05) is 41.4 Å². The Labute approximate surface area is 128 Å². The summed E-state index contributed by atoms with van der Waals surface area (Å²) in [5.41, 5.74) is 2.21. The van der Waals surface area contributed by atoms with E-state index >= 15 is 0 Å². The number of para-hydroxylation sites is 1. The predicted octanol–water partition coefficient (Wildman–Crippen LogP) is 4.78. The van der Waals surface area contributed by atoms with Crippen LogP contribution in [0.25, 0.3) is 0 Å². The SMILES string of the molecule is CNC1CC(c2cc(Cl)cc(Cl)c2)Oc2ccccc21. The summed E-state index contributed by atoms with van der Waals surface area (Å²) >= 11 is 12.2. The van der Waals surface area contributed by atoms with Crippen LogP contribution in [-0.4, -0.2) is 7.05 Å². The molecule has 2 nitrogen and oxygen atoms in total. The number of ether oxygens (including phenoxy) is 1. The first-order valence-electron chi connectivity index (χ1n) is 6.56. The second-order valence-corrected chi connectivity index (χ2v) is 5.80. The summed E-state index contributed by atoms with van der Waals surface area (Å²) in [4.78, 5) is 0. The molecule has 1 N–H and O–H groups in total. The maximum atomic E-state index is 6.10. The van der Waals surface area contributed by atoms with Crippen molar-refractivity contribution in [2.45, 2.75) is 18.6 Å². The third-order valence-electron chi connectivity index (χ3n) is 3.62. The highest BCUT2D eigenvalue weighted by molar-refractivity contribution is 6.34. The lowest BCUT2D eigenvalue weighted by Gasteiger charge is -2.32. The Balaban J connectivity index is 1.97. The monoisotopic (exact) mass is 307 g/mol. The van der Waals surface area contributed by atoms with E-state index in [0.29, 0.717) is 10.0 Å². The Morgan fingerprint density at radius 3 is 2.50 bits per heavy atom.